The van der Waals surface area contributed by atoms with Crippen LogP contribution in [0.4, 0.5) is 0 Å². The number of esters is 1. The van der Waals surface area contributed by atoms with Gasteiger partial charge in [0.2, 0.25) is 0 Å². The number of nitrogens with zero attached hydrogens (tertiary/aromatic N) is 1. The average Bonchev–Trinajstić information content (AvgIpc) is 2.67. The Kier molecular flexibility index (Phi) is 5.68. The van der Waals surface area contributed by atoms with Crippen LogP contribution in [0.15, 0.2) is 30.0 Å². The Morgan fingerprint density at radius 1 is 1.29 bits per heavy atom. The van der Waals surface area contributed by atoms with E-state index < -0.39 is 0 Å². The lowest BCUT2D eigenvalue weighted by Crippen LogP contribution is -2.22. The average molecular weight is 308 g/mol. The van der Waals surface area contributed by atoms with Crippen LogP contribution >= 0.6 is 11.6 Å². The lowest BCUT2D eigenvalue weighted by Gasteiger charge is -2.23. The molecule has 0 spiro atoms. The second-order valence-corrected chi connectivity index (χ2v) is 5.66. The van der Waals surface area contributed by atoms with Crippen molar-refractivity contribution < 1.29 is 9.53 Å². The molecule has 0 radical (unpaired) electrons. The Hall–Kier alpha value is -1.48. The molecule has 0 saturated carbocycles. The van der Waals surface area contributed by atoms with E-state index in [4.69, 9.17) is 16.3 Å². The summed E-state index contributed by atoms with van der Waals surface area (Å²) in [5.41, 5.74) is 2.42. The lowest BCUT2D eigenvalue weighted by atomic mass is 10.0. The third kappa shape index (κ3) is 3.79. The number of halogens is 1. The van der Waals surface area contributed by atoms with E-state index in [-0.39, 0.29) is 5.97 Å². The number of hydrogen-bond acceptors (Lipinski definition) is 3. The summed E-state index contributed by atoms with van der Waals surface area (Å²) in [5, 5.41) is 0.589. The van der Waals surface area contributed by atoms with Crippen LogP contribution in [0.3, 0.4) is 0 Å². The van der Waals surface area contributed by atoms with E-state index in [2.05, 4.69) is 4.90 Å². The standard InChI is InChI=1S/C17H22ClNO2/c1-3-21-17(20)16(13-9-6-7-10-14(13)18)15-11-5-4-8-12-19(15)2/h6-7,9-10H,3-5,8,11-12H2,1-2H3. The number of rotatable bonds is 3. The zero-order chi connectivity index (χ0) is 15.2. The zero-order valence-electron chi connectivity index (χ0n) is 12.7. The summed E-state index contributed by atoms with van der Waals surface area (Å²) in [7, 11) is 2.04. The van der Waals surface area contributed by atoms with Gasteiger partial charge in [-0.05, 0) is 32.3 Å². The molecule has 0 atom stereocenters. The molecule has 1 heterocycles. The number of ether oxygens (including phenoxy) is 1. The molecule has 0 bridgehead atoms. The minimum Gasteiger partial charge on any atom is -0.462 e. The van der Waals surface area contributed by atoms with Crippen molar-refractivity contribution in [3.05, 3.63) is 40.5 Å². The predicted octanol–water partition coefficient (Wildman–Crippen LogP) is 4.12. The van der Waals surface area contributed by atoms with Crippen molar-refractivity contribution in [2.45, 2.75) is 32.6 Å². The maximum absolute atomic E-state index is 12.5. The van der Waals surface area contributed by atoms with Gasteiger partial charge in [0.05, 0.1) is 12.2 Å². The number of hydrogen-bond donors (Lipinski definition) is 0. The highest BCUT2D eigenvalue weighted by molar-refractivity contribution is 6.34. The maximum Gasteiger partial charge on any atom is 0.340 e. The van der Waals surface area contributed by atoms with E-state index in [1.165, 1.54) is 6.42 Å². The minimum atomic E-state index is -0.283. The van der Waals surface area contributed by atoms with Crippen molar-refractivity contribution in [1.29, 1.82) is 0 Å². The first-order chi connectivity index (χ1) is 10.1. The highest BCUT2D eigenvalue weighted by Crippen LogP contribution is 2.32. The highest BCUT2D eigenvalue weighted by atomic mass is 35.5. The normalized spacial score (nSPS) is 18.1. The van der Waals surface area contributed by atoms with E-state index >= 15 is 0 Å². The summed E-state index contributed by atoms with van der Waals surface area (Å²) in [5.74, 6) is -0.283. The fraction of sp³-hybridized carbons (Fsp3) is 0.471. The smallest absolute Gasteiger partial charge is 0.340 e. The molecule has 1 saturated heterocycles. The number of carbonyl (C=O) groups excluding carboxylic acids is 1. The third-order valence-electron chi connectivity index (χ3n) is 3.78. The van der Waals surface area contributed by atoms with Gasteiger partial charge in [0.25, 0.3) is 0 Å². The van der Waals surface area contributed by atoms with Gasteiger partial charge in [0.15, 0.2) is 0 Å². The first-order valence-electron chi connectivity index (χ1n) is 7.51. The fourth-order valence-corrected chi connectivity index (χ4v) is 2.94. The van der Waals surface area contributed by atoms with Crippen molar-refractivity contribution in [2.24, 2.45) is 0 Å². The molecule has 0 unspecified atom stereocenters. The quantitative estimate of drug-likeness (QED) is 0.621. The summed E-state index contributed by atoms with van der Waals surface area (Å²) in [6.07, 6.45) is 4.31. The van der Waals surface area contributed by atoms with E-state index in [9.17, 15) is 4.79 Å². The highest BCUT2D eigenvalue weighted by Gasteiger charge is 2.24. The molecule has 1 aliphatic heterocycles. The Morgan fingerprint density at radius 3 is 2.76 bits per heavy atom. The molecule has 0 aromatic heterocycles. The second kappa shape index (κ2) is 7.51. The van der Waals surface area contributed by atoms with Gasteiger partial charge in [-0.1, -0.05) is 36.2 Å². The Labute approximate surface area is 131 Å². The molecule has 1 aromatic rings. The molecule has 1 fully saturated rings. The van der Waals surface area contributed by atoms with Crippen LogP contribution in [0.25, 0.3) is 5.57 Å². The van der Waals surface area contributed by atoms with Gasteiger partial charge in [-0.25, -0.2) is 4.79 Å². The molecule has 114 valence electrons. The number of likely N-dealkylation sites (tertiary alicyclic amines) is 1. The van der Waals surface area contributed by atoms with Crippen LogP contribution in [0, 0.1) is 0 Å². The number of allylic oxidation sites excluding steroid dienone is 1. The molecule has 2 rings (SSSR count). The lowest BCUT2D eigenvalue weighted by molar-refractivity contribution is -0.136. The van der Waals surface area contributed by atoms with E-state index in [0.29, 0.717) is 17.2 Å². The monoisotopic (exact) mass is 307 g/mol. The summed E-state index contributed by atoms with van der Waals surface area (Å²) in [6.45, 7) is 3.15. The zero-order valence-corrected chi connectivity index (χ0v) is 13.4. The largest absolute Gasteiger partial charge is 0.462 e. The van der Waals surface area contributed by atoms with Gasteiger partial charge in [0, 0.05) is 29.9 Å². The molecule has 0 amide bonds. The van der Waals surface area contributed by atoms with Crippen molar-refractivity contribution in [1.82, 2.24) is 4.90 Å². The molecule has 0 aliphatic carbocycles. The van der Waals surface area contributed by atoms with E-state index in [1.807, 2.05) is 38.2 Å². The second-order valence-electron chi connectivity index (χ2n) is 5.25. The van der Waals surface area contributed by atoms with Gasteiger partial charge in [0.1, 0.15) is 0 Å². The topological polar surface area (TPSA) is 29.5 Å². The summed E-state index contributed by atoms with van der Waals surface area (Å²) in [6, 6.07) is 7.47. The Bertz CT molecular complexity index is 539. The SMILES string of the molecule is CCOC(=O)C(=C1CCCCCN1C)c1ccccc1Cl. The minimum absolute atomic E-state index is 0.283. The van der Waals surface area contributed by atoms with Crippen LogP contribution < -0.4 is 0 Å². The van der Waals surface area contributed by atoms with Crippen molar-refractivity contribution in [3.63, 3.8) is 0 Å². The third-order valence-corrected chi connectivity index (χ3v) is 4.11. The van der Waals surface area contributed by atoms with Crippen molar-refractivity contribution in [3.8, 4) is 0 Å². The first-order valence-corrected chi connectivity index (χ1v) is 7.89. The van der Waals surface area contributed by atoms with Crippen LogP contribution in [0.5, 0.6) is 0 Å². The summed E-state index contributed by atoms with van der Waals surface area (Å²) in [4.78, 5) is 14.7. The van der Waals surface area contributed by atoms with Gasteiger partial charge in [-0.15, -0.1) is 0 Å². The maximum atomic E-state index is 12.5. The first kappa shape index (κ1) is 15.9. The predicted molar refractivity (Wildman–Crippen MR) is 86.1 cm³/mol. The Balaban J connectivity index is 2.54. The van der Waals surface area contributed by atoms with Gasteiger partial charge in [-0.3, -0.25) is 0 Å². The van der Waals surface area contributed by atoms with E-state index in [0.717, 1.165) is 37.1 Å². The fourth-order valence-electron chi connectivity index (χ4n) is 2.71. The summed E-state index contributed by atoms with van der Waals surface area (Å²) >= 11 is 6.31. The Morgan fingerprint density at radius 2 is 2.05 bits per heavy atom. The molecule has 3 nitrogen and oxygen atoms in total. The molecular formula is C17H22ClNO2. The molecule has 0 N–H and O–H groups in total. The van der Waals surface area contributed by atoms with Crippen LogP contribution in [-0.4, -0.2) is 31.1 Å². The van der Waals surface area contributed by atoms with E-state index in [1.54, 1.807) is 0 Å². The van der Waals surface area contributed by atoms with Gasteiger partial charge >= 0.3 is 5.97 Å². The van der Waals surface area contributed by atoms with Gasteiger partial charge < -0.3 is 9.64 Å². The van der Waals surface area contributed by atoms with Crippen LogP contribution in [-0.2, 0) is 9.53 Å². The van der Waals surface area contributed by atoms with Crippen LogP contribution in [0.2, 0.25) is 5.02 Å². The molecule has 4 heteroatoms. The molecular weight excluding hydrogens is 286 g/mol. The number of benzene rings is 1. The molecule has 1 aliphatic rings. The van der Waals surface area contributed by atoms with Crippen LogP contribution in [0.1, 0.15) is 38.2 Å². The molecule has 1 aromatic carbocycles. The number of carbonyl (C=O) groups is 1. The molecule has 21 heavy (non-hydrogen) atoms. The van der Waals surface area contributed by atoms with Gasteiger partial charge in [-0.2, -0.15) is 0 Å². The van der Waals surface area contributed by atoms with Crippen molar-refractivity contribution in [2.75, 3.05) is 20.2 Å². The summed E-state index contributed by atoms with van der Waals surface area (Å²) < 4.78 is 5.27. The van der Waals surface area contributed by atoms with Crippen molar-refractivity contribution >= 4 is 23.1 Å².